The Morgan fingerprint density at radius 3 is 2.61 bits per heavy atom. The van der Waals surface area contributed by atoms with Gasteiger partial charge in [-0.05, 0) is 54.4 Å². The molecule has 2 aromatic rings. The molecule has 5 nitrogen and oxygen atoms in total. The van der Waals surface area contributed by atoms with E-state index < -0.39 is 5.97 Å². The Bertz CT molecular complexity index is 1070. The summed E-state index contributed by atoms with van der Waals surface area (Å²) >= 11 is 12.2. The van der Waals surface area contributed by atoms with Gasteiger partial charge in [0, 0.05) is 28.2 Å². The number of amides is 1. The van der Waals surface area contributed by atoms with Crippen molar-refractivity contribution in [2.75, 3.05) is 13.2 Å². The van der Waals surface area contributed by atoms with Crippen LogP contribution >= 0.6 is 23.2 Å². The van der Waals surface area contributed by atoms with E-state index in [2.05, 4.69) is 20.8 Å². The monoisotopic (exact) mass is 489 g/mol. The van der Waals surface area contributed by atoms with Gasteiger partial charge in [-0.3, -0.25) is 4.79 Å². The lowest BCUT2D eigenvalue weighted by Gasteiger charge is -2.39. The molecule has 176 valence electrons. The molecule has 33 heavy (non-hydrogen) atoms. The van der Waals surface area contributed by atoms with Gasteiger partial charge in [0.1, 0.15) is 17.9 Å². The molecule has 1 aliphatic heterocycles. The largest absolute Gasteiger partial charge is 0.488 e. The quantitative estimate of drug-likeness (QED) is 0.456. The lowest BCUT2D eigenvalue weighted by Crippen LogP contribution is -2.39. The van der Waals surface area contributed by atoms with Gasteiger partial charge in [-0.15, -0.1) is 0 Å². The summed E-state index contributed by atoms with van der Waals surface area (Å²) in [4.78, 5) is 27.6. The Kier molecular flexibility index (Phi) is 6.66. The minimum absolute atomic E-state index is 0.134. The number of benzene rings is 2. The topological polar surface area (TPSA) is 55.8 Å². The number of fused-ring (bicyclic) bond motifs is 2. The maximum Gasteiger partial charge on any atom is 0.342 e. The fourth-order valence-electron chi connectivity index (χ4n) is 5.59. The van der Waals surface area contributed by atoms with Gasteiger partial charge >= 0.3 is 5.97 Å². The Morgan fingerprint density at radius 1 is 1.09 bits per heavy atom. The van der Waals surface area contributed by atoms with E-state index in [1.807, 2.05) is 4.90 Å². The number of ether oxygens (including phenoxy) is 2. The zero-order valence-corrected chi connectivity index (χ0v) is 20.7. The van der Waals surface area contributed by atoms with Crippen molar-refractivity contribution in [3.63, 3.8) is 0 Å². The first-order chi connectivity index (χ1) is 15.6. The lowest BCUT2D eigenvalue weighted by molar-refractivity contribution is -0.135. The predicted molar refractivity (Wildman–Crippen MR) is 129 cm³/mol. The van der Waals surface area contributed by atoms with Gasteiger partial charge in [0.05, 0.1) is 0 Å². The van der Waals surface area contributed by atoms with Gasteiger partial charge in [-0.2, -0.15) is 0 Å². The molecule has 1 saturated heterocycles. The molecule has 7 heteroatoms. The number of rotatable bonds is 6. The van der Waals surface area contributed by atoms with Crippen molar-refractivity contribution in [2.45, 2.75) is 52.7 Å². The molecular weight excluding hydrogens is 461 g/mol. The van der Waals surface area contributed by atoms with Crippen molar-refractivity contribution in [1.29, 1.82) is 0 Å². The number of likely N-dealkylation sites (tertiary alicyclic amines) is 1. The summed E-state index contributed by atoms with van der Waals surface area (Å²) in [5.41, 5.74) is 1.36. The van der Waals surface area contributed by atoms with Gasteiger partial charge in [0.15, 0.2) is 6.61 Å². The summed E-state index contributed by atoms with van der Waals surface area (Å²) in [5, 5.41) is 1.03. The highest BCUT2D eigenvalue weighted by molar-refractivity contribution is 6.35. The minimum atomic E-state index is -0.588. The van der Waals surface area contributed by atoms with Crippen molar-refractivity contribution in [2.24, 2.45) is 10.8 Å². The van der Waals surface area contributed by atoms with Crippen molar-refractivity contribution in [1.82, 2.24) is 4.90 Å². The second-order valence-electron chi connectivity index (χ2n) is 10.3. The average molecular weight is 490 g/mol. The van der Waals surface area contributed by atoms with Crippen LogP contribution in [0.2, 0.25) is 10.0 Å². The van der Waals surface area contributed by atoms with E-state index in [9.17, 15) is 9.59 Å². The first-order valence-corrected chi connectivity index (χ1v) is 11.9. The molecule has 2 aliphatic rings. The molecule has 1 saturated carbocycles. The van der Waals surface area contributed by atoms with Crippen LogP contribution in [0.4, 0.5) is 0 Å². The van der Waals surface area contributed by atoms with Crippen LogP contribution in [0.1, 0.15) is 56.0 Å². The first-order valence-electron chi connectivity index (χ1n) is 11.2. The number of nitrogens with zero attached hydrogens (tertiary/aromatic N) is 1. The van der Waals surface area contributed by atoms with Crippen LogP contribution in [0.25, 0.3) is 0 Å². The SMILES string of the molecule is CC1(C)CC2CC(C)(CN2C(=O)COC(=O)c2ccccc2OCc2ccc(Cl)cc2Cl)C1. The van der Waals surface area contributed by atoms with Crippen LogP contribution < -0.4 is 4.74 Å². The summed E-state index contributed by atoms with van der Waals surface area (Å²) < 4.78 is 11.3. The molecule has 2 aromatic carbocycles. The van der Waals surface area contributed by atoms with Crippen LogP contribution in [0.3, 0.4) is 0 Å². The summed E-state index contributed by atoms with van der Waals surface area (Å²) in [5.74, 6) is -0.358. The van der Waals surface area contributed by atoms with E-state index >= 15 is 0 Å². The summed E-state index contributed by atoms with van der Waals surface area (Å²) in [6.45, 7) is 7.39. The highest BCUT2D eigenvalue weighted by Gasteiger charge is 2.50. The normalized spacial score (nSPS) is 23.3. The van der Waals surface area contributed by atoms with E-state index in [-0.39, 0.29) is 41.6 Å². The van der Waals surface area contributed by atoms with Crippen LogP contribution in [-0.2, 0) is 16.1 Å². The van der Waals surface area contributed by atoms with Gasteiger partial charge in [-0.25, -0.2) is 4.79 Å². The Hall–Kier alpha value is -2.24. The molecule has 0 radical (unpaired) electrons. The van der Waals surface area contributed by atoms with Crippen molar-refractivity contribution < 1.29 is 19.1 Å². The predicted octanol–water partition coefficient (Wildman–Crippen LogP) is 6.16. The Labute approximate surface area is 205 Å². The lowest BCUT2D eigenvalue weighted by atomic mass is 9.65. The highest BCUT2D eigenvalue weighted by Crippen LogP contribution is 2.52. The molecule has 2 fully saturated rings. The summed E-state index contributed by atoms with van der Waals surface area (Å²) in [6, 6.07) is 12.2. The molecule has 0 spiro atoms. The number of esters is 1. The van der Waals surface area contributed by atoms with E-state index in [0.717, 1.165) is 31.4 Å². The van der Waals surface area contributed by atoms with E-state index in [0.29, 0.717) is 15.8 Å². The highest BCUT2D eigenvalue weighted by atomic mass is 35.5. The third kappa shape index (κ3) is 5.47. The molecule has 1 heterocycles. The van der Waals surface area contributed by atoms with Gasteiger partial charge in [0.25, 0.3) is 5.91 Å². The fraction of sp³-hybridized carbons (Fsp3) is 0.462. The Balaban J connectivity index is 1.38. The minimum Gasteiger partial charge on any atom is -0.488 e. The number of hydrogen-bond donors (Lipinski definition) is 0. The van der Waals surface area contributed by atoms with Gasteiger partial charge in [0.2, 0.25) is 0 Å². The molecule has 4 rings (SSSR count). The third-order valence-electron chi connectivity index (χ3n) is 6.57. The van der Waals surface area contributed by atoms with E-state index in [1.165, 1.54) is 0 Å². The number of carbonyl (C=O) groups excluding carboxylic acids is 2. The number of halogens is 2. The molecular formula is C26H29Cl2NO4. The summed E-state index contributed by atoms with van der Waals surface area (Å²) in [6.07, 6.45) is 3.09. The van der Waals surface area contributed by atoms with Crippen LogP contribution in [0, 0.1) is 10.8 Å². The van der Waals surface area contributed by atoms with Crippen molar-refractivity contribution in [3.8, 4) is 5.75 Å². The molecule has 1 amide bonds. The number of carbonyl (C=O) groups is 2. The molecule has 2 bridgehead atoms. The fourth-order valence-corrected chi connectivity index (χ4v) is 6.06. The maximum absolute atomic E-state index is 12.9. The number of para-hydroxylation sites is 1. The van der Waals surface area contributed by atoms with Gasteiger partial charge < -0.3 is 14.4 Å². The molecule has 0 aromatic heterocycles. The second kappa shape index (κ2) is 9.19. The molecule has 0 N–H and O–H groups in total. The maximum atomic E-state index is 12.9. The molecule has 1 aliphatic carbocycles. The Morgan fingerprint density at radius 2 is 1.85 bits per heavy atom. The van der Waals surface area contributed by atoms with E-state index in [1.54, 1.807) is 42.5 Å². The van der Waals surface area contributed by atoms with Crippen LogP contribution in [0.15, 0.2) is 42.5 Å². The molecule has 2 atom stereocenters. The second-order valence-corrected chi connectivity index (χ2v) is 11.2. The smallest absolute Gasteiger partial charge is 0.342 e. The third-order valence-corrected chi connectivity index (χ3v) is 7.15. The summed E-state index contributed by atoms with van der Waals surface area (Å²) in [7, 11) is 0. The standard InChI is InChI=1S/C26H29Cl2NO4/c1-25(2)11-19-12-26(3,15-25)16-29(19)23(30)14-33-24(31)20-6-4-5-7-22(20)32-13-17-8-9-18(27)10-21(17)28/h4-10,19H,11-16H2,1-3H3. The average Bonchev–Trinajstić information content (AvgIpc) is 3.00. The molecule has 2 unspecified atom stereocenters. The van der Waals surface area contributed by atoms with Gasteiger partial charge in [-0.1, -0.05) is 62.2 Å². The zero-order valence-electron chi connectivity index (χ0n) is 19.2. The number of hydrogen-bond acceptors (Lipinski definition) is 4. The van der Waals surface area contributed by atoms with Crippen molar-refractivity contribution in [3.05, 3.63) is 63.6 Å². The van der Waals surface area contributed by atoms with Crippen LogP contribution in [0.5, 0.6) is 5.75 Å². The van der Waals surface area contributed by atoms with Crippen molar-refractivity contribution >= 4 is 35.1 Å². The first kappa shape index (κ1) is 23.9. The zero-order chi connectivity index (χ0) is 23.8. The van der Waals surface area contributed by atoms with Crippen LogP contribution in [-0.4, -0.2) is 36.0 Å². The van der Waals surface area contributed by atoms with E-state index in [4.69, 9.17) is 32.7 Å².